The van der Waals surface area contributed by atoms with E-state index >= 15 is 0 Å². The molecule has 0 spiro atoms. The quantitative estimate of drug-likeness (QED) is 0.214. The number of aromatic nitrogens is 2. The second kappa shape index (κ2) is 14.1. The Morgan fingerprint density at radius 2 is 1.71 bits per heavy atom. The number of carbonyl (C=O) groups is 3. The Labute approximate surface area is 274 Å². The summed E-state index contributed by atoms with van der Waals surface area (Å²) < 4.78 is 56.2. The van der Waals surface area contributed by atoms with Gasteiger partial charge in [0.1, 0.15) is 17.7 Å². The van der Waals surface area contributed by atoms with Crippen LogP contribution in [0.1, 0.15) is 45.6 Å². The van der Waals surface area contributed by atoms with Gasteiger partial charge in [0.2, 0.25) is 0 Å². The molecule has 13 heteroatoms. The number of nitrogens with zero attached hydrogens (tertiary/aromatic N) is 4. The van der Waals surface area contributed by atoms with Gasteiger partial charge < -0.3 is 10.6 Å². The topological polar surface area (TPSA) is 99.6 Å². The van der Waals surface area contributed by atoms with Gasteiger partial charge in [0.15, 0.2) is 0 Å². The molecule has 5 rings (SSSR count). The molecule has 3 aromatic carbocycles. The molecule has 0 aliphatic carbocycles. The third-order valence-corrected chi connectivity index (χ3v) is 7.70. The van der Waals surface area contributed by atoms with Crippen molar-refractivity contribution in [3.63, 3.8) is 0 Å². The molecule has 0 saturated carbocycles. The van der Waals surface area contributed by atoms with Crippen LogP contribution in [0, 0.1) is 17.7 Å². The molecule has 248 valence electrons. The Morgan fingerprint density at radius 1 is 1.00 bits per heavy atom. The van der Waals surface area contributed by atoms with Crippen LogP contribution in [-0.2, 0) is 22.3 Å². The molecular weight excluding hydrogens is 628 g/mol. The van der Waals surface area contributed by atoms with Gasteiger partial charge >= 0.3 is 6.18 Å². The molecule has 0 bridgehead atoms. The molecule has 1 aromatic heterocycles. The second-order valence-electron chi connectivity index (χ2n) is 11.3. The van der Waals surface area contributed by atoms with Crippen LogP contribution in [0.15, 0.2) is 78.9 Å². The number of alkyl halides is 3. The maximum atomic E-state index is 14.3. The van der Waals surface area contributed by atoms with E-state index in [1.165, 1.54) is 35.2 Å². The summed E-state index contributed by atoms with van der Waals surface area (Å²) in [7, 11) is 3.63. The number of carbonyl (C=O) groups excluding carboxylic acids is 3. The fourth-order valence-electron chi connectivity index (χ4n) is 5.53. The van der Waals surface area contributed by atoms with E-state index in [1.807, 2.05) is 20.2 Å². The van der Waals surface area contributed by atoms with Gasteiger partial charge in [-0.1, -0.05) is 42.3 Å². The summed E-state index contributed by atoms with van der Waals surface area (Å²) in [6.07, 6.45) is -4.69. The maximum Gasteiger partial charge on any atom is 0.416 e. The van der Waals surface area contributed by atoms with Crippen molar-refractivity contribution in [3.8, 4) is 17.5 Å². The maximum absolute atomic E-state index is 14.3. The number of benzene rings is 3. The molecule has 3 amide bonds. The lowest BCUT2D eigenvalue weighted by Crippen LogP contribution is -2.55. The number of likely N-dealkylation sites (N-methyl/N-ethyl adjacent to an activating group) is 1. The van der Waals surface area contributed by atoms with Gasteiger partial charge in [-0.3, -0.25) is 24.2 Å². The van der Waals surface area contributed by atoms with E-state index in [0.29, 0.717) is 40.9 Å². The number of fused-ring (bicyclic) bond motifs is 1. The minimum atomic E-state index is -4.69. The third-order valence-electron chi connectivity index (χ3n) is 7.70. The lowest BCUT2D eigenvalue weighted by atomic mass is 9.80. The standard InChI is InChI=1S/C35H32F4N6O3/c1-4-44-33-30(27(21-40-28(46)14-9-19-43(2)3)42-45(33)26-12-6-5-7-13-26)29(22-15-17-25(36)18-16-22)31(34(44)48)41-32(47)23-10-8-11-24(20-23)35(37,38)39/h5-8,10-13,15-18,20,29,31H,4,19,21H2,1-3H3,(H,40,46)(H,41,47)/t29-,31-/m1/s1. The van der Waals surface area contributed by atoms with Gasteiger partial charge in [0.25, 0.3) is 17.7 Å². The fraction of sp³-hybridized carbons (Fsp3) is 0.257. The molecule has 1 aliphatic heterocycles. The van der Waals surface area contributed by atoms with Crippen LogP contribution >= 0.6 is 0 Å². The van der Waals surface area contributed by atoms with Gasteiger partial charge in [-0.15, -0.1) is 0 Å². The van der Waals surface area contributed by atoms with Crippen LogP contribution in [0.5, 0.6) is 0 Å². The summed E-state index contributed by atoms with van der Waals surface area (Å²) in [5.74, 6) is 2.12. The Balaban J connectivity index is 1.66. The number of anilines is 1. The first-order valence-corrected chi connectivity index (χ1v) is 15.0. The van der Waals surface area contributed by atoms with Crippen molar-refractivity contribution in [1.29, 1.82) is 0 Å². The van der Waals surface area contributed by atoms with Crippen molar-refractivity contribution in [2.45, 2.75) is 31.6 Å². The monoisotopic (exact) mass is 660 g/mol. The summed E-state index contributed by atoms with van der Waals surface area (Å²) in [6, 6.07) is 16.9. The minimum absolute atomic E-state index is 0.116. The second-order valence-corrected chi connectivity index (χ2v) is 11.3. The zero-order valence-electron chi connectivity index (χ0n) is 26.3. The van der Waals surface area contributed by atoms with Crippen molar-refractivity contribution in [1.82, 2.24) is 25.3 Å². The first-order chi connectivity index (χ1) is 22.9. The molecule has 1 aliphatic rings. The minimum Gasteiger partial charge on any atom is -0.340 e. The van der Waals surface area contributed by atoms with E-state index < -0.39 is 47.2 Å². The smallest absolute Gasteiger partial charge is 0.340 e. The Morgan fingerprint density at radius 3 is 2.35 bits per heavy atom. The Bertz CT molecular complexity index is 1880. The molecule has 0 fully saturated rings. The predicted molar refractivity (Wildman–Crippen MR) is 171 cm³/mol. The van der Waals surface area contributed by atoms with Crippen molar-refractivity contribution in [3.05, 3.63) is 113 Å². The average molecular weight is 661 g/mol. The molecule has 9 nitrogen and oxygen atoms in total. The van der Waals surface area contributed by atoms with Crippen molar-refractivity contribution < 1.29 is 31.9 Å². The number of halogens is 4. The molecule has 0 radical (unpaired) electrons. The Hall–Kier alpha value is -5.48. The number of rotatable bonds is 8. The zero-order chi connectivity index (χ0) is 34.6. The molecule has 4 aromatic rings. The average Bonchev–Trinajstić information content (AvgIpc) is 3.43. The summed E-state index contributed by atoms with van der Waals surface area (Å²) in [5.41, 5.74) is 0.523. The first kappa shape index (κ1) is 33.9. The van der Waals surface area contributed by atoms with Crippen molar-refractivity contribution >= 4 is 23.5 Å². The molecule has 2 heterocycles. The van der Waals surface area contributed by atoms with E-state index in [2.05, 4.69) is 22.5 Å². The number of para-hydroxylation sites is 1. The molecule has 2 atom stereocenters. The highest BCUT2D eigenvalue weighted by Crippen LogP contribution is 2.43. The number of hydrogen-bond donors (Lipinski definition) is 2. The SMILES string of the molecule is CCN1C(=O)[C@H](NC(=O)c2cccc(C(F)(F)F)c2)[C@H](c2ccc(F)cc2)c2c(CNC(=O)C#CCN(C)C)nn(-c3ccccc3)c21. The summed E-state index contributed by atoms with van der Waals surface area (Å²) in [6.45, 7) is 2.11. The first-order valence-electron chi connectivity index (χ1n) is 15.0. The lowest BCUT2D eigenvalue weighted by Gasteiger charge is -2.38. The van der Waals surface area contributed by atoms with Gasteiger partial charge in [0.05, 0.1) is 30.0 Å². The highest BCUT2D eigenvalue weighted by Gasteiger charge is 2.46. The number of nitrogens with one attached hydrogen (secondary N) is 2. The van der Waals surface area contributed by atoms with E-state index in [9.17, 15) is 31.9 Å². The van der Waals surface area contributed by atoms with E-state index in [4.69, 9.17) is 5.10 Å². The van der Waals surface area contributed by atoms with Crippen LogP contribution in [0.4, 0.5) is 23.4 Å². The normalized spacial score (nSPS) is 15.8. The summed E-state index contributed by atoms with van der Waals surface area (Å²) >= 11 is 0. The van der Waals surface area contributed by atoms with E-state index in [0.717, 1.165) is 12.1 Å². The van der Waals surface area contributed by atoms with Gasteiger partial charge in [0, 0.05) is 23.6 Å². The molecular formula is C35H32F4N6O3. The van der Waals surface area contributed by atoms with Gasteiger partial charge in [-0.05, 0) is 75.0 Å². The molecule has 0 unspecified atom stereocenters. The largest absolute Gasteiger partial charge is 0.416 e. The van der Waals surface area contributed by atoms with Crippen molar-refractivity contribution in [2.75, 3.05) is 32.1 Å². The van der Waals surface area contributed by atoms with E-state index in [1.54, 1.807) is 40.8 Å². The summed E-state index contributed by atoms with van der Waals surface area (Å²) in [4.78, 5) is 43.8. The van der Waals surface area contributed by atoms with E-state index in [-0.39, 0.29) is 18.7 Å². The predicted octanol–water partition coefficient (Wildman–Crippen LogP) is 4.51. The van der Waals surface area contributed by atoms with Crippen LogP contribution in [0.25, 0.3) is 5.69 Å². The number of amides is 3. The van der Waals surface area contributed by atoms with Crippen LogP contribution in [0.2, 0.25) is 0 Å². The van der Waals surface area contributed by atoms with Gasteiger partial charge in [-0.2, -0.15) is 18.3 Å². The van der Waals surface area contributed by atoms with Crippen molar-refractivity contribution in [2.24, 2.45) is 0 Å². The molecule has 0 saturated heterocycles. The number of hydrogen-bond acceptors (Lipinski definition) is 5. The zero-order valence-corrected chi connectivity index (χ0v) is 26.3. The molecule has 2 N–H and O–H groups in total. The highest BCUT2D eigenvalue weighted by atomic mass is 19.4. The highest BCUT2D eigenvalue weighted by molar-refractivity contribution is 6.05. The van der Waals surface area contributed by atoms with Crippen LogP contribution in [0.3, 0.4) is 0 Å². The summed E-state index contributed by atoms with van der Waals surface area (Å²) in [5, 5.41) is 10.2. The third kappa shape index (κ3) is 7.24. The Kier molecular flexibility index (Phi) is 9.95. The lowest BCUT2D eigenvalue weighted by molar-refractivity contribution is -0.137. The van der Waals surface area contributed by atoms with Gasteiger partial charge in [-0.25, -0.2) is 9.07 Å². The van der Waals surface area contributed by atoms with Crippen LogP contribution in [-0.4, -0.2) is 65.6 Å². The molecule has 48 heavy (non-hydrogen) atoms. The van der Waals surface area contributed by atoms with Crippen LogP contribution < -0.4 is 15.5 Å². The fourth-order valence-corrected chi connectivity index (χ4v) is 5.53.